The van der Waals surface area contributed by atoms with Crippen LogP contribution in [0.5, 0.6) is 5.88 Å². The van der Waals surface area contributed by atoms with E-state index < -0.39 is 5.97 Å². The first-order chi connectivity index (χ1) is 17.0. The SMILES string of the molecule is COC(=O)c1ccc2c(C(C)=Nc3ccc(CN4CCc5ccccc5CC4)cc3)c(O)[nH]c2c1. The molecule has 1 aliphatic heterocycles. The molecule has 0 saturated heterocycles. The van der Waals surface area contributed by atoms with Crippen molar-refractivity contribution in [1.82, 2.24) is 9.88 Å². The molecule has 0 radical (unpaired) electrons. The standard InChI is InChI=1S/C29H29N3O3/c1-19(27-25-12-9-23(29(34)35-2)17-26(25)31-28(27)33)30-24-10-7-20(8-11-24)18-32-15-13-21-5-3-4-6-22(21)14-16-32/h3-12,17,31,33H,13-16,18H2,1-2H3. The van der Waals surface area contributed by atoms with E-state index in [0.29, 0.717) is 22.4 Å². The van der Waals surface area contributed by atoms with Crippen molar-refractivity contribution in [2.75, 3.05) is 20.2 Å². The van der Waals surface area contributed by atoms with Crippen molar-refractivity contribution in [3.8, 4) is 5.88 Å². The lowest BCUT2D eigenvalue weighted by Gasteiger charge is -2.19. The van der Waals surface area contributed by atoms with E-state index in [2.05, 4.69) is 46.3 Å². The molecule has 2 N–H and O–H groups in total. The summed E-state index contributed by atoms with van der Waals surface area (Å²) in [5, 5.41) is 11.3. The van der Waals surface area contributed by atoms with Crippen LogP contribution in [0.4, 0.5) is 5.69 Å². The molecule has 0 saturated carbocycles. The number of aliphatic imine (C=N–C) groups is 1. The number of aromatic amines is 1. The van der Waals surface area contributed by atoms with Gasteiger partial charge in [-0.25, -0.2) is 4.79 Å². The number of aromatic hydroxyl groups is 1. The lowest BCUT2D eigenvalue weighted by molar-refractivity contribution is 0.0601. The summed E-state index contributed by atoms with van der Waals surface area (Å²) in [6, 6.07) is 22.2. The molecular formula is C29H29N3O3. The van der Waals surface area contributed by atoms with Gasteiger partial charge in [-0.15, -0.1) is 0 Å². The number of ether oxygens (including phenoxy) is 1. The van der Waals surface area contributed by atoms with E-state index in [4.69, 9.17) is 9.73 Å². The van der Waals surface area contributed by atoms with E-state index in [-0.39, 0.29) is 5.88 Å². The molecule has 0 spiro atoms. The van der Waals surface area contributed by atoms with E-state index in [1.54, 1.807) is 18.2 Å². The first kappa shape index (κ1) is 22.9. The molecule has 1 aliphatic rings. The van der Waals surface area contributed by atoms with Crippen LogP contribution in [0.1, 0.15) is 39.5 Å². The topological polar surface area (TPSA) is 77.9 Å². The van der Waals surface area contributed by atoms with Crippen molar-refractivity contribution in [3.05, 3.63) is 94.5 Å². The third kappa shape index (κ3) is 4.84. The Bertz CT molecular complexity index is 1380. The number of nitrogens with one attached hydrogen (secondary N) is 1. The average molecular weight is 468 g/mol. The van der Waals surface area contributed by atoms with E-state index in [1.165, 1.54) is 23.8 Å². The van der Waals surface area contributed by atoms with Gasteiger partial charge >= 0.3 is 5.97 Å². The highest BCUT2D eigenvalue weighted by atomic mass is 16.5. The summed E-state index contributed by atoms with van der Waals surface area (Å²) in [6.45, 7) is 4.92. The molecule has 0 atom stereocenters. The smallest absolute Gasteiger partial charge is 0.337 e. The van der Waals surface area contributed by atoms with Gasteiger partial charge in [0.2, 0.25) is 0 Å². The second-order valence-electron chi connectivity index (χ2n) is 9.01. The maximum Gasteiger partial charge on any atom is 0.337 e. The minimum absolute atomic E-state index is 0.0297. The van der Waals surface area contributed by atoms with Crippen LogP contribution in [0, 0.1) is 0 Å². The quantitative estimate of drug-likeness (QED) is 0.304. The fourth-order valence-electron chi connectivity index (χ4n) is 4.85. The lowest BCUT2D eigenvalue weighted by Crippen LogP contribution is -2.25. The monoisotopic (exact) mass is 467 g/mol. The number of nitrogens with zero attached hydrogens (tertiary/aromatic N) is 2. The number of methoxy groups -OCH3 is 1. The Balaban J connectivity index is 1.30. The number of H-pyrrole nitrogens is 1. The zero-order valence-electron chi connectivity index (χ0n) is 20.0. The number of esters is 1. The minimum Gasteiger partial charge on any atom is -0.494 e. The molecule has 35 heavy (non-hydrogen) atoms. The van der Waals surface area contributed by atoms with Crippen molar-refractivity contribution < 1.29 is 14.6 Å². The third-order valence-corrected chi connectivity index (χ3v) is 6.71. The summed E-state index contributed by atoms with van der Waals surface area (Å²) in [5.74, 6) is -0.389. The number of benzene rings is 3. The molecular weight excluding hydrogens is 438 g/mol. The van der Waals surface area contributed by atoms with Gasteiger partial charge in [-0.1, -0.05) is 42.5 Å². The molecule has 5 rings (SSSR count). The van der Waals surface area contributed by atoms with E-state index in [0.717, 1.165) is 43.5 Å². The average Bonchev–Trinajstić information content (AvgIpc) is 3.07. The first-order valence-electron chi connectivity index (χ1n) is 11.9. The highest BCUT2D eigenvalue weighted by Gasteiger charge is 2.17. The molecule has 4 aromatic rings. The van der Waals surface area contributed by atoms with E-state index in [9.17, 15) is 9.90 Å². The van der Waals surface area contributed by atoms with Gasteiger partial charge in [0.1, 0.15) is 0 Å². The molecule has 2 heterocycles. The minimum atomic E-state index is -0.419. The van der Waals surface area contributed by atoms with Gasteiger partial charge in [0.15, 0.2) is 5.88 Å². The molecule has 0 bridgehead atoms. The molecule has 0 aliphatic carbocycles. The number of carbonyl (C=O) groups is 1. The zero-order chi connectivity index (χ0) is 24.4. The van der Waals surface area contributed by atoms with Crippen LogP contribution in [0.3, 0.4) is 0 Å². The normalized spacial score (nSPS) is 14.5. The Kier molecular flexibility index (Phi) is 6.38. The molecule has 3 aromatic carbocycles. The summed E-state index contributed by atoms with van der Waals surface area (Å²) in [4.78, 5) is 22.0. The van der Waals surface area contributed by atoms with Crippen LogP contribution in [-0.2, 0) is 24.1 Å². The third-order valence-electron chi connectivity index (χ3n) is 6.71. The van der Waals surface area contributed by atoms with Crippen molar-refractivity contribution in [2.24, 2.45) is 4.99 Å². The van der Waals surface area contributed by atoms with Crippen molar-refractivity contribution in [1.29, 1.82) is 0 Å². The van der Waals surface area contributed by atoms with Gasteiger partial charge in [0.05, 0.1) is 29.6 Å². The van der Waals surface area contributed by atoms with Crippen LogP contribution in [0.25, 0.3) is 10.9 Å². The second-order valence-corrected chi connectivity index (χ2v) is 9.01. The van der Waals surface area contributed by atoms with Crippen LogP contribution in [0.2, 0.25) is 0 Å². The Hall–Kier alpha value is -3.90. The number of hydrogen-bond acceptors (Lipinski definition) is 5. The Morgan fingerprint density at radius 1 is 1.03 bits per heavy atom. The van der Waals surface area contributed by atoms with Gasteiger partial charge < -0.3 is 14.8 Å². The summed E-state index contributed by atoms with van der Waals surface area (Å²) < 4.78 is 4.79. The molecule has 6 heteroatoms. The van der Waals surface area contributed by atoms with Crippen molar-refractivity contribution >= 4 is 28.3 Å². The van der Waals surface area contributed by atoms with Gasteiger partial charge in [-0.2, -0.15) is 0 Å². The summed E-state index contributed by atoms with van der Waals surface area (Å²) >= 11 is 0. The molecule has 0 fully saturated rings. The number of carbonyl (C=O) groups excluding carboxylic acids is 1. The summed E-state index contributed by atoms with van der Waals surface area (Å²) in [6.07, 6.45) is 2.18. The Morgan fingerprint density at radius 2 is 1.71 bits per heavy atom. The lowest BCUT2D eigenvalue weighted by atomic mass is 10.0. The fraction of sp³-hybridized carbons (Fsp3) is 0.241. The largest absolute Gasteiger partial charge is 0.494 e. The zero-order valence-corrected chi connectivity index (χ0v) is 20.0. The van der Waals surface area contributed by atoms with Gasteiger partial charge in [0.25, 0.3) is 0 Å². The van der Waals surface area contributed by atoms with Gasteiger partial charge in [-0.05, 0) is 60.7 Å². The van der Waals surface area contributed by atoms with E-state index in [1.807, 2.05) is 19.1 Å². The number of fused-ring (bicyclic) bond motifs is 2. The number of hydrogen-bond donors (Lipinski definition) is 2. The summed E-state index contributed by atoms with van der Waals surface area (Å²) in [7, 11) is 1.35. The molecule has 6 nitrogen and oxygen atoms in total. The van der Waals surface area contributed by atoms with Crippen LogP contribution in [-0.4, -0.2) is 46.9 Å². The van der Waals surface area contributed by atoms with Crippen molar-refractivity contribution in [3.63, 3.8) is 0 Å². The second kappa shape index (κ2) is 9.76. The van der Waals surface area contributed by atoms with Crippen LogP contribution in [0.15, 0.2) is 71.7 Å². The molecule has 1 aromatic heterocycles. The maximum absolute atomic E-state index is 11.8. The van der Waals surface area contributed by atoms with Crippen molar-refractivity contribution in [2.45, 2.75) is 26.3 Å². The number of rotatable bonds is 5. The fourth-order valence-corrected chi connectivity index (χ4v) is 4.85. The highest BCUT2D eigenvalue weighted by molar-refractivity contribution is 6.13. The van der Waals surface area contributed by atoms with Gasteiger partial charge in [0, 0.05) is 30.5 Å². The highest BCUT2D eigenvalue weighted by Crippen LogP contribution is 2.30. The van der Waals surface area contributed by atoms with Crippen LogP contribution < -0.4 is 0 Å². The predicted molar refractivity (Wildman–Crippen MR) is 139 cm³/mol. The Labute approximate surface area is 204 Å². The first-order valence-corrected chi connectivity index (χ1v) is 11.9. The molecule has 178 valence electrons. The molecule has 0 unspecified atom stereocenters. The number of aromatic nitrogens is 1. The predicted octanol–water partition coefficient (Wildman–Crippen LogP) is 5.40. The van der Waals surface area contributed by atoms with Gasteiger partial charge in [-0.3, -0.25) is 9.89 Å². The molecule has 0 amide bonds. The van der Waals surface area contributed by atoms with E-state index >= 15 is 0 Å². The summed E-state index contributed by atoms with van der Waals surface area (Å²) in [5.41, 5.74) is 7.43. The van der Waals surface area contributed by atoms with Crippen LogP contribution >= 0.6 is 0 Å². The maximum atomic E-state index is 11.8. The Morgan fingerprint density at radius 3 is 2.37 bits per heavy atom.